The standard InChI is InChI=1S/C29H34ClN7O3/c1-20-32-27-24(18-21-8-3-2-4-9-21)33-28(39)25-10-5-6-15-36(25)26(38)11-7-14-35(16-17-37(27)34-20)29(40)23-13-12-22(30)19-31-23/h2-4,8-9,12-13,19,24-25H,5-7,10-11,14-18H2,1H3,(H,33,39)/t24-,25+/m1/s1. The third kappa shape index (κ3) is 6.50. The molecule has 40 heavy (non-hydrogen) atoms. The number of fused-ring (bicyclic) bond motifs is 2. The van der Waals surface area contributed by atoms with E-state index in [2.05, 4.69) is 15.4 Å². The lowest BCUT2D eigenvalue weighted by atomic mass is 9.99. The Hall–Kier alpha value is -3.79. The Morgan fingerprint density at radius 2 is 1.85 bits per heavy atom. The van der Waals surface area contributed by atoms with Crippen LogP contribution in [0.5, 0.6) is 0 Å². The molecule has 0 saturated carbocycles. The molecule has 1 aromatic carbocycles. The largest absolute Gasteiger partial charge is 0.344 e. The van der Waals surface area contributed by atoms with Crippen molar-refractivity contribution in [1.29, 1.82) is 0 Å². The Kier molecular flexibility index (Phi) is 8.74. The third-order valence-corrected chi connectivity index (χ3v) is 7.70. The van der Waals surface area contributed by atoms with E-state index in [1.165, 1.54) is 6.20 Å². The molecule has 10 nitrogen and oxygen atoms in total. The molecule has 3 aromatic rings. The second-order valence-electron chi connectivity index (χ2n) is 10.3. The van der Waals surface area contributed by atoms with E-state index in [1.807, 2.05) is 37.3 Å². The molecule has 2 atom stereocenters. The minimum Gasteiger partial charge on any atom is -0.344 e. The van der Waals surface area contributed by atoms with Gasteiger partial charge in [-0.25, -0.2) is 14.6 Å². The Morgan fingerprint density at radius 1 is 1.02 bits per heavy atom. The van der Waals surface area contributed by atoms with E-state index in [4.69, 9.17) is 16.6 Å². The third-order valence-electron chi connectivity index (χ3n) is 7.48. The lowest BCUT2D eigenvalue weighted by Crippen LogP contribution is -2.53. The molecule has 4 heterocycles. The number of nitrogens with one attached hydrogen (secondary N) is 1. The summed E-state index contributed by atoms with van der Waals surface area (Å²) < 4.78 is 1.79. The van der Waals surface area contributed by atoms with Crippen molar-refractivity contribution in [3.8, 4) is 0 Å². The molecule has 0 radical (unpaired) electrons. The second kappa shape index (κ2) is 12.6. The van der Waals surface area contributed by atoms with Gasteiger partial charge in [-0.3, -0.25) is 14.4 Å². The quantitative estimate of drug-likeness (QED) is 0.523. The van der Waals surface area contributed by atoms with Gasteiger partial charge in [0.2, 0.25) is 11.8 Å². The van der Waals surface area contributed by atoms with Crippen molar-refractivity contribution in [2.24, 2.45) is 0 Å². The highest BCUT2D eigenvalue weighted by Gasteiger charge is 2.34. The fourth-order valence-electron chi connectivity index (χ4n) is 5.48. The number of aryl methyl sites for hydroxylation is 1. The monoisotopic (exact) mass is 563 g/mol. The molecule has 1 N–H and O–H groups in total. The van der Waals surface area contributed by atoms with Gasteiger partial charge in [0.05, 0.1) is 17.6 Å². The number of carbonyl (C=O) groups excluding carboxylic acids is 3. The van der Waals surface area contributed by atoms with E-state index in [9.17, 15) is 14.4 Å². The van der Waals surface area contributed by atoms with Gasteiger partial charge < -0.3 is 15.1 Å². The number of hydrogen-bond acceptors (Lipinski definition) is 6. The summed E-state index contributed by atoms with van der Waals surface area (Å²) in [6.07, 6.45) is 5.07. The number of pyridine rings is 1. The molecule has 2 aromatic heterocycles. The van der Waals surface area contributed by atoms with Crippen LogP contribution in [-0.4, -0.2) is 72.9 Å². The maximum absolute atomic E-state index is 13.7. The van der Waals surface area contributed by atoms with Gasteiger partial charge in [0.15, 0.2) is 0 Å². The van der Waals surface area contributed by atoms with Crippen LogP contribution in [0.15, 0.2) is 48.7 Å². The molecule has 1 saturated heterocycles. The topological polar surface area (TPSA) is 113 Å². The lowest BCUT2D eigenvalue weighted by Gasteiger charge is -2.36. The van der Waals surface area contributed by atoms with Crippen LogP contribution in [0.4, 0.5) is 0 Å². The molecule has 3 amide bonds. The van der Waals surface area contributed by atoms with Crippen molar-refractivity contribution in [3.05, 3.63) is 76.6 Å². The number of benzene rings is 1. The van der Waals surface area contributed by atoms with Gasteiger partial charge in [-0.05, 0) is 56.7 Å². The summed E-state index contributed by atoms with van der Waals surface area (Å²) >= 11 is 5.99. The molecule has 0 unspecified atom stereocenters. The number of carbonyl (C=O) groups is 3. The smallest absolute Gasteiger partial charge is 0.272 e. The van der Waals surface area contributed by atoms with Crippen LogP contribution in [0.25, 0.3) is 0 Å². The van der Waals surface area contributed by atoms with Gasteiger partial charge in [-0.2, -0.15) is 5.10 Å². The maximum atomic E-state index is 13.7. The van der Waals surface area contributed by atoms with E-state index in [1.54, 1.807) is 26.6 Å². The molecule has 5 rings (SSSR count). The first-order chi connectivity index (χ1) is 19.4. The van der Waals surface area contributed by atoms with E-state index in [-0.39, 0.29) is 29.8 Å². The van der Waals surface area contributed by atoms with Gasteiger partial charge >= 0.3 is 0 Å². The molecule has 2 aliphatic rings. The fraction of sp³-hybridized carbons (Fsp3) is 0.448. The molecule has 1 fully saturated rings. The normalized spacial score (nSPS) is 20.8. The average Bonchev–Trinajstić information content (AvgIpc) is 3.34. The van der Waals surface area contributed by atoms with E-state index in [0.717, 1.165) is 18.4 Å². The van der Waals surface area contributed by atoms with Crippen molar-refractivity contribution >= 4 is 29.3 Å². The van der Waals surface area contributed by atoms with Crippen molar-refractivity contribution in [1.82, 2.24) is 34.9 Å². The number of piperidine rings is 1. The van der Waals surface area contributed by atoms with Gasteiger partial charge in [-0.1, -0.05) is 41.9 Å². The summed E-state index contributed by atoms with van der Waals surface area (Å²) in [6.45, 7) is 3.45. The molecular formula is C29H34ClN7O3. The van der Waals surface area contributed by atoms with Crippen molar-refractivity contribution in [3.63, 3.8) is 0 Å². The highest BCUT2D eigenvalue weighted by molar-refractivity contribution is 6.30. The molecule has 0 bridgehead atoms. The van der Waals surface area contributed by atoms with E-state index < -0.39 is 12.1 Å². The van der Waals surface area contributed by atoms with Crippen molar-refractivity contribution in [2.45, 2.75) is 64.1 Å². The second-order valence-corrected chi connectivity index (χ2v) is 10.8. The number of nitrogens with zero attached hydrogens (tertiary/aromatic N) is 6. The minimum atomic E-state index is -0.532. The average molecular weight is 564 g/mol. The van der Waals surface area contributed by atoms with E-state index >= 15 is 0 Å². The van der Waals surface area contributed by atoms with Crippen LogP contribution in [0, 0.1) is 6.92 Å². The van der Waals surface area contributed by atoms with Crippen LogP contribution in [-0.2, 0) is 22.6 Å². The number of halogens is 1. The molecule has 11 heteroatoms. The van der Waals surface area contributed by atoms with Gasteiger partial charge in [0.1, 0.15) is 23.4 Å². The number of aromatic nitrogens is 4. The van der Waals surface area contributed by atoms with Crippen LogP contribution in [0.1, 0.15) is 65.8 Å². The summed E-state index contributed by atoms with van der Waals surface area (Å²) in [5, 5.41) is 8.30. The first-order valence-electron chi connectivity index (χ1n) is 13.8. The van der Waals surface area contributed by atoms with Gasteiger partial charge in [0.25, 0.3) is 5.91 Å². The Labute approximate surface area is 238 Å². The zero-order valence-electron chi connectivity index (χ0n) is 22.6. The van der Waals surface area contributed by atoms with Crippen LogP contribution < -0.4 is 5.32 Å². The predicted octanol–water partition coefficient (Wildman–Crippen LogP) is 3.35. The zero-order valence-corrected chi connectivity index (χ0v) is 23.4. The van der Waals surface area contributed by atoms with Crippen LogP contribution >= 0.6 is 11.6 Å². The lowest BCUT2D eigenvalue weighted by molar-refractivity contribution is -0.142. The van der Waals surface area contributed by atoms with Crippen LogP contribution in [0.2, 0.25) is 5.02 Å². The van der Waals surface area contributed by atoms with Gasteiger partial charge in [-0.15, -0.1) is 0 Å². The van der Waals surface area contributed by atoms with Crippen LogP contribution in [0.3, 0.4) is 0 Å². The Morgan fingerprint density at radius 3 is 2.62 bits per heavy atom. The van der Waals surface area contributed by atoms with Crippen molar-refractivity contribution < 1.29 is 14.4 Å². The molecular weight excluding hydrogens is 530 g/mol. The first kappa shape index (κ1) is 27.8. The summed E-state index contributed by atoms with van der Waals surface area (Å²) in [7, 11) is 0. The number of hydrogen-bond donors (Lipinski definition) is 1. The van der Waals surface area contributed by atoms with Crippen molar-refractivity contribution in [2.75, 3.05) is 19.6 Å². The Balaban J connectivity index is 1.49. The molecule has 2 aliphatic heterocycles. The molecule has 210 valence electrons. The fourth-order valence-corrected chi connectivity index (χ4v) is 5.59. The summed E-state index contributed by atoms with van der Waals surface area (Å²) in [5.41, 5.74) is 1.33. The summed E-state index contributed by atoms with van der Waals surface area (Å²) in [4.78, 5) is 52.8. The number of rotatable bonds is 3. The van der Waals surface area contributed by atoms with E-state index in [0.29, 0.717) is 62.1 Å². The van der Waals surface area contributed by atoms with Gasteiger partial charge in [0, 0.05) is 32.3 Å². The molecule has 0 spiro atoms. The zero-order chi connectivity index (χ0) is 28.1. The molecule has 0 aliphatic carbocycles. The summed E-state index contributed by atoms with van der Waals surface area (Å²) in [5.74, 6) is 0.742. The first-order valence-corrected chi connectivity index (χ1v) is 14.2. The SMILES string of the molecule is Cc1nc2n(n1)CCN(C(=O)c1ccc(Cl)cn1)CCCC(=O)N1CCCC[C@H]1C(=O)N[C@@H]2Cc1ccccc1. The highest BCUT2D eigenvalue weighted by Crippen LogP contribution is 2.23. The number of amides is 3. The minimum absolute atomic E-state index is 0.0625. The predicted molar refractivity (Wildman–Crippen MR) is 150 cm³/mol. The maximum Gasteiger partial charge on any atom is 0.272 e. The Bertz CT molecular complexity index is 1350. The highest BCUT2D eigenvalue weighted by atomic mass is 35.5. The summed E-state index contributed by atoms with van der Waals surface area (Å²) in [6, 6.07) is 12.2.